The van der Waals surface area contributed by atoms with Crippen LogP contribution in [0.1, 0.15) is 25.3 Å². The number of rotatable bonds is 9. The quantitative estimate of drug-likeness (QED) is 0.513. The number of ether oxygens (including phenoxy) is 1. The molecule has 0 aliphatic carbocycles. The maximum absolute atomic E-state index is 5.03. The second kappa shape index (κ2) is 7.93. The minimum atomic E-state index is 0.728. The molecule has 0 saturated carbocycles. The first kappa shape index (κ1) is 12.8. The van der Waals surface area contributed by atoms with E-state index < -0.39 is 0 Å². The van der Waals surface area contributed by atoms with Crippen LogP contribution >= 0.6 is 0 Å². The first-order valence-electron chi connectivity index (χ1n) is 5.81. The molecule has 0 aliphatic heterocycles. The van der Waals surface area contributed by atoms with Crippen molar-refractivity contribution in [3.8, 4) is 0 Å². The summed E-state index contributed by atoms with van der Waals surface area (Å²) in [6.07, 6.45) is 7.61. The van der Waals surface area contributed by atoms with Crippen molar-refractivity contribution in [2.24, 2.45) is 0 Å². The van der Waals surface area contributed by atoms with Gasteiger partial charge in [-0.25, -0.2) is 0 Å². The molecule has 1 aromatic rings. The van der Waals surface area contributed by atoms with E-state index >= 15 is 0 Å². The molecule has 0 bridgehead atoms. The Morgan fingerprint density at radius 3 is 3.25 bits per heavy atom. The van der Waals surface area contributed by atoms with Crippen LogP contribution in [-0.2, 0) is 17.8 Å². The van der Waals surface area contributed by atoms with Gasteiger partial charge in [0.2, 0.25) is 0 Å². The van der Waals surface area contributed by atoms with Crippen LogP contribution in [-0.4, -0.2) is 22.9 Å². The summed E-state index contributed by atoms with van der Waals surface area (Å²) in [7, 11) is 0. The third-order valence-electron chi connectivity index (χ3n) is 2.20. The van der Waals surface area contributed by atoms with Crippen LogP contribution in [0.4, 0.5) is 0 Å². The fourth-order valence-electron chi connectivity index (χ4n) is 1.45. The Kier molecular flexibility index (Phi) is 6.33. The summed E-state index contributed by atoms with van der Waals surface area (Å²) in [6, 6.07) is 0. The van der Waals surface area contributed by atoms with E-state index in [1.54, 1.807) is 0 Å². The molecule has 0 radical (unpaired) electrons. The highest BCUT2D eigenvalue weighted by Crippen LogP contribution is 1.98. The summed E-state index contributed by atoms with van der Waals surface area (Å²) >= 11 is 0. The minimum Gasteiger partial charge on any atom is -0.502 e. The first-order chi connectivity index (χ1) is 7.86. The van der Waals surface area contributed by atoms with Gasteiger partial charge in [-0.05, 0) is 19.4 Å². The molecule has 0 aromatic carbocycles. The summed E-state index contributed by atoms with van der Waals surface area (Å²) in [5.74, 6) is 0. The van der Waals surface area contributed by atoms with Crippen LogP contribution in [0.3, 0.4) is 0 Å². The number of hydrogen-bond acceptors (Lipinski definition) is 3. The Morgan fingerprint density at radius 2 is 2.50 bits per heavy atom. The van der Waals surface area contributed by atoms with Crippen molar-refractivity contribution in [1.82, 2.24) is 15.1 Å². The highest BCUT2D eigenvalue weighted by atomic mass is 16.5. The van der Waals surface area contributed by atoms with E-state index in [1.165, 1.54) is 11.8 Å². The van der Waals surface area contributed by atoms with Crippen LogP contribution in [0.25, 0.3) is 0 Å². The predicted molar refractivity (Wildman–Crippen MR) is 65.0 cm³/mol. The van der Waals surface area contributed by atoms with Crippen molar-refractivity contribution in [2.75, 3.05) is 13.2 Å². The lowest BCUT2D eigenvalue weighted by Gasteiger charge is -2.02. The first-order valence-corrected chi connectivity index (χ1v) is 5.81. The fourth-order valence-corrected chi connectivity index (χ4v) is 1.45. The topological polar surface area (TPSA) is 39.1 Å². The van der Waals surface area contributed by atoms with Crippen molar-refractivity contribution in [3.05, 3.63) is 30.8 Å². The predicted octanol–water partition coefficient (Wildman–Crippen LogP) is 1.93. The van der Waals surface area contributed by atoms with Gasteiger partial charge < -0.3 is 10.1 Å². The van der Waals surface area contributed by atoms with Crippen molar-refractivity contribution in [3.63, 3.8) is 0 Å². The van der Waals surface area contributed by atoms with Crippen LogP contribution in [0.2, 0.25) is 0 Å². The van der Waals surface area contributed by atoms with Gasteiger partial charge in [-0.2, -0.15) is 5.10 Å². The number of nitrogens with zero attached hydrogens (tertiary/aromatic N) is 2. The van der Waals surface area contributed by atoms with E-state index in [-0.39, 0.29) is 0 Å². The normalized spacial score (nSPS) is 10.3. The number of hydrogen-bond donors (Lipinski definition) is 1. The van der Waals surface area contributed by atoms with Crippen LogP contribution < -0.4 is 5.32 Å². The highest BCUT2D eigenvalue weighted by Gasteiger charge is 1.97. The molecular weight excluding hydrogens is 202 g/mol. The fraction of sp³-hybridized carbons (Fsp3) is 0.583. The van der Waals surface area contributed by atoms with E-state index in [1.807, 2.05) is 10.9 Å². The Labute approximate surface area is 97.3 Å². The van der Waals surface area contributed by atoms with Gasteiger partial charge in [-0.15, -0.1) is 0 Å². The van der Waals surface area contributed by atoms with Gasteiger partial charge in [-0.3, -0.25) is 4.68 Å². The standard InChI is InChI=1S/C12H21N3O/c1-3-7-15-11-12(10-14-15)9-13-6-5-8-16-4-2/h4,10-11,13H,2-3,5-9H2,1H3. The van der Waals surface area contributed by atoms with Gasteiger partial charge >= 0.3 is 0 Å². The van der Waals surface area contributed by atoms with Gasteiger partial charge in [0.05, 0.1) is 19.1 Å². The molecule has 0 atom stereocenters. The average Bonchev–Trinajstić information content (AvgIpc) is 2.72. The lowest BCUT2D eigenvalue weighted by Crippen LogP contribution is -2.15. The zero-order valence-corrected chi connectivity index (χ0v) is 9.98. The maximum atomic E-state index is 5.03. The van der Waals surface area contributed by atoms with Crippen LogP contribution in [0, 0.1) is 0 Å². The maximum Gasteiger partial charge on any atom is 0.0885 e. The van der Waals surface area contributed by atoms with Crippen molar-refractivity contribution in [2.45, 2.75) is 32.9 Å². The SMILES string of the molecule is C=COCCCNCc1cnn(CCC)c1. The molecule has 1 aromatic heterocycles. The second-order valence-electron chi connectivity index (χ2n) is 3.68. The van der Waals surface area contributed by atoms with E-state index in [0.717, 1.165) is 39.1 Å². The second-order valence-corrected chi connectivity index (χ2v) is 3.68. The molecule has 4 nitrogen and oxygen atoms in total. The zero-order chi connectivity index (χ0) is 11.6. The third kappa shape index (κ3) is 4.98. The van der Waals surface area contributed by atoms with Gasteiger partial charge in [0, 0.05) is 24.8 Å². The molecule has 16 heavy (non-hydrogen) atoms. The Hall–Kier alpha value is -1.29. The molecule has 0 saturated heterocycles. The summed E-state index contributed by atoms with van der Waals surface area (Å²) in [6.45, 7) is 9.19. The Balaban J connectivity index is 2.09. The van der Waals surface area contributed by atoms with Gasteiger partial charge in [0.25, 0.3) is 0 Å². The van der Waals surface area contributed by atoms with Crippen molar-refractivity contribution < 1.29 is 4.74 Å². The molecule has 4 heteroatoms. The van der Waals surface area contributed by atoms with Gasteiger partial charge in [0.15, 0.2) is 0 Å². The monoisotopic (exact) mass is 223 g/mol. The smallest absolute Gasteiger partial charge is 0.0885 e. The molecule has 0 fully saturated rings. The molecule has 1 heterocycles. The third-order valence-corrected chi connectivity index (χ3v) is 2.20. The molecule has 0 spiro atoms. The Morgan fingerprint density at radius 1 is 1.62 bits per heavy atom. The largest absolute Gasteiger partial charge is 0.502 e. The highest BCUT2D eigenvalue weighted by molar-refractivity contribution is 5.03. The number of nitrogens with one attached hydrogen (secondary N) is 1. The lowest BCUT2D eigenvalue weighted by molar-refractivity contribution is 0.244. The van der Waals surface area contributed by atoms with Crippen molar-refractivity contribution >= 4 is 0 Å². The summed E-state index contributed by atoms with van der Waals surface area (Å²) < 4.78 is 7.01. The molecule has 1 rings (SSSR count). The zero-order valence-electron chi connectivity index (χ0n) is 9.98. The molecule has 1 N–H and O–H groups in total. The summed E-state index contributed by atoms with van der Waals surface area (Å²) in [5, 5.41) is 7.62. The van der Waals surface area contributed by atoms with E-state index in [0.29, 0.717) is 0 Å². The molecule has 0 unspecified atom stereocenters. The van der Waals surface area contributed by atoms with Gasteiger partial charge in [0.1, 0.15) is 0 Å². The molecule has 0 amide bonds. The van der Waals surface area contributed by atoms with Crippen LogP contribution in [0.5, 0.6) is 0 Å². The van der Waals surface area contributed by atoms with E-state index in [4.69, 9.17) is 4.74 Å². The average molecular weight is 223 g/mol. The van der Waals surface area contributed by atoms with Gasteiger partial charge in [-0.1, -0.05) is 13.5 Å². The minimum absolute atomic E-state index is 0.728. The summed E-state index contributed by atoms with van der Waals surface area (Å²) in [5.41, 5.74) is 1.23. The van der Waals surface area contributed by atoms with Crippen LogP contribution in [0.15, 0.2) is 25.2 Å². The lowest BCUT2D eigenvalue weighted by atomic mass is 10.3. The number of aromatic nitrogens is 2. The summed E-state index contributed by atoms with van der Waals surface area (Å²) in [4.78, 5) is 0. The number of aryl methyl sites for hydroxylation is 1. The molecule has 0 aliphatic rings. The molecular formula is C12H21N3O. The van der Waals surface area contributed by atoms with Crippen molar-refractivity contribution in [1.29, 1.82) is 0 Å². The van der Waals surface area contributed by atoms with E-state index in [2.05, 4.69) is 30.1 Å². The Bertz CT molecular complexity index is 296. The molecule has 90 valence electrons. The van der Waals surface area contributed by atoms with E-state index in [9.17, 15) is 0 Å².